The summed E-state index contributed by atoms with van der Waals surface area (Å²) in [7, 11) is 1.61. The molecule has 3 aromatic carbocycles. The van der Waals surface area contributed by atoms with E-state index in [0.717, 1.165) is 16.3 Å². The summed E-state index contributed by atoms with van der Waals surface area (Å²) in [6.07, 6.45) is 1.84. The molecular formula is C32H32N2O6S. The van der Waals surface area contributed by atoms with Crippen LogP contribution < -0.4 is 29.1 Å². The van der Waals surface area contributed by atoms with E-state index in [4.69, 9.17) is 23.9 Å². The van der Waals surface area contributed by atoms with E-state index in [1.165, 1.54) is 11.3 Å². The van der Waals surface area contributed by atoms with Gasteiger partial charge in [0.2, 0.25) is 0 Å². The second-order valence-electron chi connectivity index (χ2n) is 9.28. The monoisotopic (exact) mass is 572 g/mol. The predicted octanol–water partition coefficient (Wildman–Crippen LogP) is 4.76. The van der Waals surface area contributed by atoms with Crippen LogP contribution >= 0.6 is 11.3 Å². The summed E-state index contributed by atoms with van der Waals surface area (Å²) < 4.78 is 24.8. The fourth-order valence-electron chi connectivity index (χ4n) is 5.08. The van der Waals surface area contributed by atoms with Crippen molar-refractivity contribution >= 4 is 34.2 Å². The summed E-state index contributed by atoms with van der Waals surface area (Å²) in [6, 6.07) is 16.5. The number of fused-ring (bicyclic) bond motifs is 2. The topological polar surface area (TPSA) is 88.4 Å². The molecule has 0 bridgehead atoms. The van der Waals surface area contributed by atoms with Gasteiger partial charge in [-0.25, -0.2) is 9.79 Å². The average Bonchev–Trinajstić information content (AvgIpc) is 3.27. The Hall–Kier alpha value is -4.37. The van der Waals surface area contributed by atoms with E-state index in [1.807, 2.05) is 68.5 Å². The van der Waals surface area contributed by atoms with Gasteiger partial charge in [-0.15, -0.1) is 0 Å². The zero-order valence-corrected chi connectivity index (χ0v) is 24.5. The number of methoxy groups -OCH3 is 1. The van der Waals surface area contributed by atoms with Crippen molar-refractivity contribution in [3.63, 3.8) is 0 Å². The van der Waals surface area contributed by atoms with Crippen molar-refractivity contribution in [3.05, 3.63) is 96.7 Å². The number of benzene rings is 3. The minimum Gasteiger partial charge on any atom is -0.496 e. The Morgan fingerprint density at radius 3 is 2.44 bits per heavy atom. The molecule has 0 radical (unpaired) electrons. The Morgan fingerprint density at radius 2 is 1.71 bits per heavy atom. The van der Waals surface area contributed by atoms with Gasteiger partial charge in [-0.05, 0) is 68.3 Å². The molecule has 1 aliphatic rings. The molecule has 4 aromatic rings. The van der Waals surface area contributed by atoms with Gasteiger partial charge in [0, 0.05) is 5.56 Å². The Morgan fingerprint density at radius 1 is 0.976 bits per heavy atom. The van der Waals surface area contributed by atoms with E-state index in [0.29, 0.717) is 56.6 Å². The van der Waals surface area contributed by atoms with Crippen LogP contribution in [-0.4, -0.2) is 37.5 Å². The summed E-state index contributed by atoms with van der Waals surface area (Å²) in [5, 5.41) is 1.99. The first kappa shape index (κ1) is 28.2. The molecule has 0 saturated heterocycles. The quantitative estimate of drug-likeness (QED) is 0.269. The van der Waals surface area contributed by atoms with Crippen LogP contribution in [-0.2, 0) is 9.53 Å². The molecule has 1 aromatic heterocycles. The molecule has 2 heterocycles. The Bertz CT molecular complexity index is 1840. The second-order valence-corrected chi connectivity index (χ2v) is 10.3. The molecule has 8 nitrogen and oxygen atoms in total. The molecule has 0 spiro atoms. The number of rotatable bonds is 9. The van der Waals surface area contributed by atoms with Gasteiger partial charge in [0.25, 0.3) is 5.56 Å². The van der Waals surface area contributed by atoms with E-state index in [9.17, 15) is 9.59 Å². The summed E-state index contributed by atoms with van der Waals surface area (Å²) in [5.74, 6) is 1.26. The SMILES string of the molecule is CCOC(=O)C1=C(C)N=c2s/c(=C\c3c(OC)ccc4ccccc34)c(=O)n2[C@@H]1c1ccc(OCC)c(OCC)c1. The minimum atomic E-state index is -0.767. The van der Waals surface area contributed by atoms with Crippen LogP contribution in [0.15, 0.2) is 75.7 Å². The van der Waals surface area contributed by atoms with Crippen molar-refractivity contribution in [2.45, 2.75) is 33.7 Å². The zero-order chi connectivity index (χ0) is 29.1. The number of carbonyl (C=O) groups excluding carboxylic acids is 1. The molecule has 0 N–H and O–H groups in total. The van der Waals surface area contributed by atoms with E-state index in [1.54, 1.807) is 31.6 Å². The van der Waals surface area contributed by atoms with Gasteiger partial charge in [0.15, 0.2) is 16.3 Å². The highest BCUT2D eigenvalue weighted by molar-refractivity contribution is 7.07. The molecule has 0 unspecified atom stereocenters. The zero-order valence-electron chi connectivity index (χ0n) is 23.7. The number of aromatic nitrogens is 1. The lowest BCUT2D eigenvalue weighted by Gasteiger charge is -2.25. The van der Waals surface area contributed by atoms with Gasteiger partial charge in [0.05, 0.1) is 48.8 Å². The molecule has 9 heteroatoms. The first-order valence-electron chi connectivity index (χ1n) is 13.6. The number of hydrogen-bond acceptors (Lipinski definition) is 8. The van der Waals surface area contributed by atoms with Crippen LogP contribution in [0.5, 0.6) is 17.2 Å². The lowest BCUT2D eigenvalue weighted by Crippen LogP contribution is -2.40. The molecule has 212 valence electrons. The smallest absolute Gasteiger partial charge is 0.338 e. The van der Waals surface area contributed by atoms with Crippen molar-refractivity contribution in [1.29, 1.82) is 0 Å². The largest absolute Gasteiger partial charge is 0.496 e. The molecule has 0 amide bonds. The van der Waals surface area contributed by atoms with Crippen molar-refractivity contribution in [2.24, 2.45) is 4.99 Å². The summed E-state index contributed by atoms with van der Waals surface area (Å²) >= 11 is 1.27. The maximum atomic E-state index is 14.2. The predicted molar refractivity (Wildman–Crippen MR) is 160 cm³/mol. The van der Waals surface area contributed by atoms with Gasteiger partial charge in [-0.1, -0.05) is 47.7 Å². The van der Waals surface area contributed by atoms with E-state index < -0.39 is 12.0 Å². The summed E-state index contributed by atoms with van der Waals surface area (Å²) in [5.41, 5.74) is 2.02. The maximum absolute atomic E-state index is 14.2. The Kier molecular flexibility index (Phi) is 8.26. The molecule has 41 heavy (non-hydrogen) atoms. The molecule has 1 aliphatic heterocycles. The van der Waals surface area contributed by atoms with Crippen molar-refractivity contribution in [1.82, 2.24) is 4.57 Å². The highest BCUT2D eigenvalue weighted by Gasteiger charge is 2.34. The lowest BCUT2D eigenvalue weighted by molar-refractivity contribution is -0.139. The number of carbonyl (C=O) groups is 1. The molecule has 1 atom stereocenters. The number of hydrogen-bond donors (Lipinski definition) is 0. The number of nitrogens with zero attached hydrogens (tertiary/aromatic N) is 2. The highest BCUT2D eigenvalue weighted by Crippen LogP contribution is 2.36. The molecular weight excluding hydrogens is 540 g/mol. The number of ether oxygens (including phenoxy) is 4. The fourth-order valence-corrected chi connectivity index (χ4v) is 6.11. The summed E-state index contributed by atoms with van der Waals surface area (Å²) in [6.45, 7) is 8.40. The normalized spacial score (nSPS) is 15.0. The summed E-state index contributed by atoms with van der Waals surface area (Å²) in [4.78, 5) is 32.6. The van der Waals surface area contributed by atoms with Gasteiger partial charge in [-0.3, -0.25) is 9.36 Å². The van der Waals surface area contributed by atoms with Gasteiger partial charge >= 0.3 is 5.97 Å². The van der Waals surface area contributed by atoms with E-state index >= 15 is 0 Å². The second kappa shape index (κ2) is 12.0. The average molecular weight is 573 g/mol. The Labute approximate surface area is 241 Å². The number of thiazole rings is 1. The van der Waals surface area contributed by atoms with Crippen molar-refractivity contribution < 1.29 is 23.7 Å². The maximum Gasteiger partial charge on any atom is 0.338 e. The van der Waals surface area contributed by atoms with E-state index in [2.05, 4.69) is 0 Å². The third-order valence-corrected chi connectivity index (χ3v) is 7.81. The van der Waals surface area contributed by atoms with Crippen LogP contribution in [0, 0.1) is 0 Å². The molecule has 5 rings (SSSR count). The third-order valence-electron chi connectivity index (χ3n) is 6.83. The minimum absolute atomic E-state index is 0.196. The standard InChI is InChI=1S/C32H32N2O6S/c1-6-38-25-16-14-21(17-26(25)39-7-2)29-28(31(36)40-8-3)19(4)33-32-34(29)30(35)27(41-32)18-23-22-12-10-9-11-20(22)13-15-24(23)37-5/h9-18,29H,6-8H2,1-5H3/b27-18-/t29-/m1/s1. The Balaban J connectivity index is 1.77. The van der Waals surface area contributed by atoms with Crippen LogP contribution in [0.3, 0.4) is 0 Å². The van der Waals surface area contributed by atoms with Crippen molar-refractivity contribution in [2.75, 3.05) is 26.9 Å². The van der Waals surface area contributed by atoms with Crippen LogP contribution in [0.4, 0.5) is 0 Å². The van der Waals surface area contributed by atoms with Crippen LogP contribution in [0.2, 0.25) is 0 Å². The lowest BCUT2D eigenvalue weighted by atomic mass is 9.95. The van der Waals surface area contributed by atoms with E-state index in [-0.39, 0.29) is 12.2 Å². The number of allylic oxidation sites excluding steroid dienone is 1. The van der Waals surface area contributed by atoms with Gasteiger partial charge in [-0.2, -0.15) is 0 Å². The molecule has 0 aliphatic carbocycles. The first-order chi connectivity index (χ1) is 19.9. The highest BCUT2D eigenvalue weighted by atomic mass is 32.1. The van der Waals surface area contributed by atoms with Crippen LogP contribution in [0.1, 0.15) is 44.9 Å². The van der Waals surface area contributed by atoms with Crippen LogP contribution in [0.25, 0.3) is 16.8 Å². The van der Waals surface area contributed by atoms with Gasteiger partial charge in [0.1, 0.15) is 5.75 Å². The number of esters is 1. The first-order valence-corrected chi connectivity index (χ1v) is 14.4. The fraction of sp³-hybridized carbons (Fsp3) is 0.281. The third kappa shape index (κ3) is 5.25. The molecule has 0 fully saturated rings. The van der Waals surface area contributed by atoms with Gasteiger partial charge < -0.3 is 18.9 Å². The molecule has 0 saturated carbocycles. The van der Waals surface area contributed by atoms with Crippen molar-refractivity contribution in [3.8, 4) is 17.2 Å².